The minimum Gasteiger partial charge on any atom is -0.475 e. The summed E-state index contributed by atoms with van der Waals surface area (Å²) in [7, 11) is -1.05. The Balaban J connectivity index is 2.00. The summed E-state index contributed by atoms with van der Waals surface area (Å²) >= 11 is 0. The van der Waals surface area contributed by atoms with Crippen LogP contribution in [0.3, 0.4) is 0 Å². The molecule has 0 radical (unpaired) electrons. The first kappa shape index (κ1) is 35.3. The maximum absolute atomic E-state index is 14.4. The fourth-order valence-corrected chi connectivity index (χ4v) is 5.60. The van der Waals surface area contributed by atoms with Gasteiger partial charge in [-0.05, 0) is 43.3 Å². The summed E-state index contributed by atoms with van der Waals surface area (Å²) < 4.78 is 92.4. The van der Waals surface area contributed by atoms with E-state index in [9.17, 15) is 31.5 Å². The number of nitrogens with zero attached hydrogens (tertiary/aromatic N) is 2. The predicted octanol–water partition coefficient (Wildman–Crippen LogP) is 6.68. The van der Waals surface area contributed by atoms with Gasteiger partial charge in [-0.2, -0.15) is 13.2 Å². The number of anilines is 1. The second-order valence-electron chi connectivity index (χ2n) is 12.3. The van der Waals surface area contributed by atoms with Crippen molar-refractivity contribution >= 4 is 25.9 Å². The lowest BCUT2D eigenvalue weighted by atomic mass is 9.77. The average molecular weight is 648 g/mol. The maximum atomic E-state index is 14.4. The molecule has 1 N–H and O–H groups in total. The molecule has 0 saturated carbocycles. The molecule has 2 aromatic rings. The summed E-state index contributed by atoms with van der Waals surface area (Å²) in [6.45, 7) is 12.2. The number of rotatable bonds is 10. The molecule has 15 heteroatoms. The molecule has 2 aromatic heterocycles. The van der Waals surface area contributed by atoms with E-state index in [-0.39, 0.29) is 41.1 Å². The van der Waals surface area contributed by atoms with Crippen molar-refractivity contribution < 1.29 is 50.2 Å². The average Bonchev–Trinajstić information content (AvgIpc) is 3.21. The van der Waals surface area contributed by atoms with Gasteiger partial charge < -0.3 is 24.0 Å². The Bertz CT molecular complexity index is 1350. The summed E-state index contributed by atoms with van der Waals surface area (Å²) in [6, 6.07) is 4.69. The SMILES string of the molecule is COC(=O)c1cc(NC(=O)[C@@H]2O[C@@](C)(C(F)(F)F)[C@@H](C)[C@H]2c2ccc(C(F)F)nc2OCCO[Si](C)(C)C(C)(C)C)ccn1. The largest absolute Gasteiger partial charge is 0.475 e. The van der Waals surface area contributed by atoms with Crippen molar-refractivity contribution in [2.24, 2.45) is 5.92 Å². The molecule has 0 bridgehead atoms. The number of aromatic nitrogens is 2. The number of hydrogen-bond acceptors (Lipinski definition) is 8. The first-order valence-corrected chi connectivity index (χ1v) is 16.8. The van der Waals surface area contributed by atoms with E-state index < -0.39 is 62.0 Å². The lowest BCUT2D eigenvalue weighted by Crippen LogP contribution is -2.47. The molecular formula is C29H38F5N3O6Si. The van der Waals surface area contributed by atoms with Crippen LogP contribution in [0.25, 0.3) is 0 Å². The highest BCUT2D eigenvalue weighted by Crippen LogP contribution is 2.54. The molecule has 3 rings (SSSR count). The van der Waals surface area contributed by atoms with E-state index in [4.69, 9.17) is 13.9 Å². The summed E-state index contributed by atoms with van der Waals surface area (Å²) in [5.41, 5.74) is -3.55. The molecule has 244 valence electrons. The molecule has 4 atom stereocenters. The highest BCUT2D eigenvalue weighted by Gasteiger charge is 2.66. The van der Waals surface area contributed by atoms with Crippen molar-refractivity contribution in [3.63, 3.8) is 0 Å². The van der Waals surface area contributed by atoms with Crippen molar-refractivity contribution in [3.8, 4) is 5.88 Å². The van der Waals surface area contributed by atoms with Gasteiger partial charge in [0.15, 0.2) is 13.9 Å². The van der Waals surface area contributed by atoms with Gasteiger partial charge in [-0.1, -0.05) is 33.8 Å². The number of nitrogens with one attached hydrogen (secondary N) is 1. The van der Waals surface area contributed by atoms with Crippen LogP contribution in [-0.4, -0.2) is 68.4 Å². The highest BCUT2D eigenvalue weighted by atomic mass is 28.4. The number of esters is 1. The van der Waals surface area contributed by atoms with Gasteiger partial charge in [-0.15, -0.1) is 0 Å². The van der Waals surface area contributed by atoms with Gasteiger partial charge >= 0.3 is 12.1 Å². The lowest BCUT2D eigenvalue weighted by molar-refractivity contribution is -0.272. The molecule has 1 saturated heterocycles. The summed E-state index contributed by atoms with van der Waals surface area (Å²) in [5.74, 6) is -4.81. The van der Waals surface area contributed by atoms with Gasteiger partial charge in [0, 0.05) is 29.3 Å². The van der Waals surface area contributed by atoms with Crippen LogP contribution in [-0.2, 0) is 18.7 Å². The second kappa shape index (κ2) is 13.1. The Morgan fingerprint density at radius 3 is 2.36 bits per heavy atom. The van der Waals surface area contributed by atoms with Gasteiger partial charge in [0.05, 0.1) is 13.7 Å². The van der Waals surface area contributed by atoms with Crippen LogP contribution in [0.5, 0.6) is 5.88 Å². The molecule has 0 unspecified atom stereocenters. The third-order valence-corrected chi connectivity index (χ3v) is 13.0. The number of halogens is 5. The second-order valence-corrected chi connectivity index (χ2v) is 17.1. The minimum absolute atomic E-state index is 0.00710. The van der Waals surface area contributed by atoms with E-state index in [1.165, 1.54) is 31.3 Å². The number of ether oxygens (including phenoxy) is 3. The van der Waals surface area contributed by atoms with Crippen LogP contribution < -0.4 is 10.1 Å². The van der Waals surface area contributed by atoms with Gasteiger partial charge in [-0.3, -0.25) is 4.79 Å². The fourth-order valence-electron chi connectivity index (χ4n) is 4.57. The van der Waals surface area contributed by atoms with Crippen molar-refractivity contribution in [2.45, 2.75) is 83.0 Å². The molecule has 1 aliphatic rings. The number of amides is 1. The molecule has 44 heavy (non-hydrogen) atoms. The number of hydrogen-bond donors (Lipinski definition) is 1. The maximum Gasteiger partial charge on any atom is 0.417 e. The van der Waals surface area contributed by atoms with Crippen LogP contribution >= 0.6 is 0 Å². The number of pyridine rings is 2. The molecular weight excluding hydrogens is 609 g/mol. The van der Waals surface area contributed by atoms with E-state index >= 15 is 0 Å². The predicted molar refractivity (Wildman–Crippen MR) is 153 cm³/mol. The third kappa shape index (κ3) is 7.37. The van der Waals surface area contributed by atoms with E-state index in [1.807, 2.05) is 33.9 Å². The Morgan fingerprint density at radius 2 is 1.80 bits per heavy atom. The Kier molecular flexibility index (Phi) is 10.5. The molecule has 0 aromatic carbocycles. The van der Waals surface area contributed by atoms with Crippen LogP contribution in [0.1, 0.15) is 68.7 Å². The summed E-state index contributed by atoms with van der Waals surface area (Å²) in [4.78, 5) is 33.2. The number of alkyl halides is 5. The Morgan fingerprint density at radius 1 is 1.14 bits per heavy atom. The van der Waals surface area contributed by atoms with Crippen LogP contribution in [0, 0.1) is 5.92 Å². The number of carbonyl (C=O) groups excluding carboxylic acids is 2. The summed E-state index contributed by atoms with van der Waals surface area (Å²) in [5, 5.41) is 2.36. The first-order chi connectivity index (χ1) is 20.2. The molecule has 1 amide bonds. The Labute approximate surface area is 254 Å². The zero-order valence-electron chi connectivity index (χ0n) is 25.8. The zero-order valence-corrected chi connectivity index (χ0v) is 26.8. The molecule has 9 nitrogen and oxygen atoms in total. The Hall–Kier alpha value is -3.17. The molecule has 1 fully saturated rings. The van der Waals surface area contributed by atoms with E-state index in [1.54, 1.807) is 0 Å². The molecule has 1 aliphatic heterocycles. The van der Waals surface area contributed by atoms with Gasteiger partial charge in [-0.25, -0.2) is 23.5 Å². The third-order valence-electron chi connectivity index (χ3n) is 8.43. The minimum atomic E-state index is -4.90. The van der Waals surface area contributed by atoms with E-state index in [2.05, 4.69) is 20.0 Å². The quantitative estimate of drug-likeness (QED) is 0.132. The highest BCUT2D eigenvalue weighted by molar-refractivity contribution is 6.74. The standard InChI is InChI=1S/C29H38F5N3O6Si/c1-16-21(18-9-10-19(23(30)31)37-25(18)41-13-14-42-44(7,8)27(2,3)4)22(43-28(16,5)29(32,33)34)24(38)36-17-11-12-35-20(15-17)26(39)40-6/h9-12,15-16,21-23H,13-14H2,1-8H3,(H,35,36,38)/t16-,21-,22+,28+/m0/s1. The van der Waals surface area contributed by atoms with E-state index in [0.717, 1.165) is 20.1 Å². The number of carbonyl (C=O) groups is 2. The summed E-state index contributed by atoms with van der Waals surface area (Å²) in [6.07, 6.45) is -8.43. The monoisotopic (exact) mass is 647 g/mol. The zero-order chi connectivity index (χ0) is 33.3. The van der Waals surface area contributed by atoms with Crippen LogP contribution in [0.15, 0.2) is 30.5 Å². The molecule has 3 heterocycles. The van der Waals surface area contributed by atoms with Gasteiger partial charge in [0.2, 0.25) is 5.88 Å². The first-order valence-electron chi connectivity index (χ1n) is 13.9. The van der Waals surface area contributed by atoms with Crippen LogP contribution in [0.2, 0.25) is 18.1 Å². The fraction of sp³-hybridized carbons (Fsp3) is 0.586. The van der Waals surface area contributed by atoms with Crippen LogP contribution in [0.4, 0.5) is 27.6 Å². The topological polar surface area (TPSA) is 109 Å². The van der Waals surface area contributed by atoms with Crippen molar-refractivity contribution in [1.82, 2.24) is 9.97 Å². The van der Waals surface area contributed by atoms with Crippen molar-refractivity contribution in [1.29, 1.82) is 0 Å². The molecule has 0 spiro atoms. The van der Waals surface area contributed by atoms with Gasteiger partial charge in [0.1, 0.15) is 24.1 Å². The normalized spacial score (nSPS) is 22.6. The van der Waals surface area contributed by atoms with Crippen molar-refractivity contribution in [2.75, 3.05) is 25.6 Å². The van der Waals surface area contributed by atoms with E-state index in [0.29, 0.717) is 0 Å². The lowest BCUT2D eigenvalue weighted by Gasteiger charge is -2.36. The van der Waals surface area contributed by atoms with Crippen molar-refractivity contribution in [3.05, 3.63) is 47.4 Å². The molecule has 0 aliphatic carbocycles. The van der Waals surface area contributed by atoms with Gasteiger partial charge in [0.25, 0.3) is 12.3 Å². The number of methoxy groups -OCH3 is 1. The smallest absolute Gasteiger partial charge is 0.417 e.